The van der Waals surface area contributed by atoms with Gasteiger partial charge < -0.3 is 20.0 Å². The number of ether oxygens (including phenoxy) is 1. The van der Waals surface area contributed by atoms with Gasteiger partial charge in [-0.3, -0.25) is 0 Å². The molecular formula is C13H26NNaO3. The van der Waals surface area contributed by atoms with Crippen molar-refractivity contribution in [3.63, 3.8) is 0 Å². The monoisotopic (exact) mass is 267 g/mol. The first-order valence-corrected chi connectivity index (χ1v) is 6.75. The molecule has 0 radical (unpaired) electrons. The number of unbranched alkanes of at least 4 members (excludes halogenated alkanes) is 5. The molecule has 0 atom stereocenters. The largest absolute Gasteiger partial charge is 1.00 e. The van der Waals surface area contributed by atoms with Crippen LogP contribution in [-0.2, 0) is 9.53 Å². The van der Waals surface area contributed by atoms with Gasteiger partial charge in [-0.2, -0.15) is 0 Å². The number of hydrogen-bond donors (Lipinski definition) is 1. The van der Waals surface area contributed by atoms with E-state index in [-0.39, 0.29) is 42.6 Å². The Hall–Kier alpha value is 0.390. The van der Waals surface area contributed by atoms with Crippen molar-refractivity contribution in [1.29, 1.82) is 0 Å². The summed E-state index contributed by atoms with van der Waals surface area (Å²) in [4.78, 5) is 10.1. The maximum Gasteiger partial charge on any atom is 1.00 e. The van der Waals surface area contributed by atoms with Gasteiger partial charge in [0.15, 0.2) is 0 Å². The number of aliphatic carboxylic acids is 1. The maximum atomic E-state index is 10.1. The molecule has 18 heavy (non-hydrogen) atoms. The summed E-state index contributed by atoms with van der Waals surface area (Å²) >= 11 is 0. The Kier molecular flexibility index (Phi) is 20.0. The minimum atomic E-state index is -1.05. The molecule has 0 aliphatic rings. The van der Waals surface area contributed by atoms with Crippen molar-refractivity contribution >= 4 is 5.97 Å². The van der Waals surface area contributed by atoms with E-state index < -0.39 is 5.97 Å². The van der Waals surface area contributed by atoms with Crippen molar-refractivity contribution in [3.05, 3.63) is 0 Å². The molecule has 0 aromatic carbocycles. The van der Waals surface area contributed by atoms with Crippen LogP contribution >= 0.6 is 0 Å². The fourth-order valence-corrected chi connectivity index (χ4v) is 1.56. The third-order valence-electron chi connectivity index (χ3n) is 2.58. The van der Waals surface area contributed by atoms with E-state index in [0.717, 1.165) is 13.1 Å². The Balaban J connectivity index is 0. The molecule has 1 N–H and O–H groups in total. The van der Waals surface area contributed by atoms with E-state index in [9.17, 15) is 9.90 Å². The van der Waals surface area contributed by atoms with Gasteiger partial charge in [-0.25, -0.2) is 0 Å². The number of rotatable bonds is 13. The smallest absolute Gasteiger partial charge is 0.550 e. The fourth-order valence-electron chi connectivity index (χ4n) is 1.56. The van der Waals surface area contributed by atoms with E-state index >= 15 is 0 Å². The number of carboxylic acid groups (broad SMARTS) is 1. The molecule has 0 bridgehead atoms. The molecule has 5 heteroatoms. The fraction of sp³-hybridized carbons (Fsp3) is 0.923. The Morgan fingerprint density at radius 2 is 1.72 bits per heavy atom. The van der Waals surface area contributed by atoms with E-state index in [1.165, 1.54) is 38.5 Å². The van der Waals surface area contributed by atoms with Crippen LogP contribution in [0.1, 0.15) is 51.9 Å². The first-order chi connectivity index (χ1) is 8.27. The molecule has 0 aromatic rings. The summed E-state index contributed by atoms with van der Waals surface area (Å²) in [6, 6.07) is 0. The predicted octanol–water partition coefficient (Wildman–Crippen LogP) is -1.90. The molecule has 0 rings (SSSR count). The Morgan fingerprint density at radius 3 is 2.39 bits per heavy atom. The van der Waals surface area contributed by atoms with E-state index in [0.29, 0.717) is 6.61 Å². The van der Waals surface area contributed by atoms with Crippen LogP contribution in [0.4, 0.5) is 0 Å². The summed E-state index contributed by atoms with van der Waals surface area (Å²) in [5.74, 6) is -1.05. The Labute approximate surface area is 133 Å². The molecule has 0 amide bonds. The van der Waals surface area contributed by atoms with Gasteiger partial charge in [-0.1, -0.05) is 39.0 Å². The molecule has 0 aliphatic carbocycles. The molecular weight excluding hydrogens is 241 g/mol. The van der Waals surface area contributed by atoms with Crippen LogP contribution in [0.25, 0.3) is 0 Å². The van der Waals surface area contributed by atoms with Crippen molar-refractivity contribution in [2.24, 2.45) is 0 Å². The van der Waals surface area contributed by atoms with Crippen molar-refractivity contribution in [3.8, 4) is 0 Å². The zero-order chi connectivity index (χ0) is 12.8. The Morgan fingerprint density at radius 1 is 1.06 bits per heavy atom. The first-order valence-electron chi connectivity index (χ1n) is 6.75. The topological polar surface area (TPSA) is 61.4 Å². The summed E-state index contributed by atoms with van der Waals surface area (Å²) in [5.41, 5.74) is 0. The van der Waals surface area contributed by atoms with E-state index in [4.69, 9.17) is 4.74 Å². The summed E-state index contributed by atoms with van der Waals surface area (Å²) in [5, 5.41) is 13.4. The third kappa shape index (κ3) is 18.7. The molecule has 0 spiro atoms. The number of carbonyl (C=O) groups is 1. The summed E-state index contributed by atoms with van der Waals surface area (Å²) < 4.78 is 5.12. The van der Waals surface area contributed by atoms with Crippen molar-refractivity contribution in [1.82, 2.24) is 5.32 Å². The zero-order valence-corrected chi connectivity index (χ0v) is 14.0. The van der Waals surface area contributed by atoms with Gasteiger partial charge in [0, 0.05) is 18.9 Å². The van der Waals surface area contributed by atoms with Gasteiger partial charge in [0.25, 0.3) is 0 Å². The van der Waals surface area contributed by atoms with Gasteiger partial charge in [0.1, 0.15) is 0 Å². The van der Waals surface area contributed by atoms with Crippen molar-refractivity contribution in [2.75, 3.05) is 26.3 Å². The predicted molar refractivity (Wildman–Crippen MR) is 66.7 cm³/mol. The van der Waals surface area contributed by atoms with Gasteiger partial charge in [-0.15, -0.1) is 0 Å². The normalized spacial score (nSPS) is 10.1. The quantitative estimate of drug-likeness (QED) is 0.313. The average Bonchev–Trinajstić information content (AvgIpc) is 2.30. The second kappa shape index (κ2) is 17.4. The second-order valence-corrected chi connectivity index (χ2v) is 4.25. The molecule has 0 aliphatic heterocycles. The van der Waals surface area contributed by atoms with Crippen molar-refractivity contribution < 1.29 is 44.2 Å². The summed E-state index contributed by atoms with van der Waals surface area (Å²) in [6.45, 7) is 4.87. The summed E-state index contributed by atoms with van der Waals surface area (Å²) in [6.07, 6.45) is 7.81. The standard InChI is InChI=1S/C13H27NO3.Na/c1-2-3-4-5-6-7-9-14-10-12-17-11-8-13(15)16;/h14H,2-12H2,1H3,(H,15,16);/q;+1/p-1. The number of carbonyl (C=O) groups excluding carboxylic acids is 1. The minimum absolute atomic E-state index is 0. The minimum Gasteiger partial charge on any atom is -0.550 e. The summed E-state index contributed by atoms with van der Waals surface area (Å²) in [7, 11) is 0. The molecule has 0 aromatic heterocycles. The average molecular weight is 267 g/mol. The molecule has 0 fully saturated rings. The molecule has 102 valence electrons. The van der Waals surface area contributed by atoms with Gasteiger partial charge in [0.2, 0.25) is 0 Å². The zero-order valence-electron chi connectivity index (χ0n) is 12.0. The van der Waals surface area contributed by atoms with E-state index in [1.54, 1.807) is 0 Å². The molecule has 0 heterocycles. The SMILES string of the molecule is CCCCCCCCNCCOCCC(=O)[O-].[Na+]. The van der Waals surface area contributed by atoms with Crippen LogP contribution in [0.2, 0.25) is 0 Å². The van der Waals surface area contributed by atoms with Crippen LogP contribution in [0, 0.1) is 0 Å². The van der Waals surface area contributed by atoms with Crippen LogP contribution in [0.5, 0.6) is 0 Å². The van der Waals surface area contributed by atoms with Gasteiger partial charge in [-0.05, 0) is 13.0 Å². The molecule has 4 nitrogen and oxygen atoms in total. The van der Waals surface area contributed by atoms with E-state index in [1.807, 2.05) is 0 Å². The van der Waals surface area contributed by atoms with E-state index in [2.05, 4.69) is 12.2 Å². The third-order valence-corrected chi connectivity index (χ3v) is 2.58. The number of hydrogen-bond acceptors (Lipinski definition) is 4. The second-order valence-electron chi connectivity index (χ2n) is 4.25. The maximum absolute atomic E-state index is 10.1. The van der Waals surface area contributed by atoms with Gasteiger partial charge >= 0.3 is 29.6 Å². The number of nitrogens with one attached hydrogen (secondary N) is 1. The molecule has 0 unspecified atom stereocenters. The van der Waals surface area contributed by atoms with Crippen LogP contribution < -0.4 is 40.0 Å². The first kappa shape index (κ1) is 20.7. The van der Waals surface area contributed by atoms with Crippen LogP contribution in [0.15, 0.2) is 0 Å². The van der Waals surface area contributed by atoms with Gasteiger partial charge in [0.05, 0.1) is 13.2 Å². The Bertz CT molecular complexity index is 180. The molecule has 0 saturated carbocycles. The molecule has 0 saturated heterocycles. The number of carboxylic acids is 1. The van der Waals surface area contributed by atoms with Crippen LogP contribution in [-0.4, -0.2) is 32.3 Å². The van der Waals surface area contributed by atoms with Crippen LogP contribution in [0.3, 0.4) is 0 Å². The van der Waals surface area contributed by atoms with Crippen molar-refractivity contribution in [2.45, 2.75) is 51.9 Å².